The van der Waals surface area contributed by atoms with Crippen molar-refractivity contribution in [2.75, 3.05) is 13.7 Å². The molecule has 0 unspecified atom stereocenters. The van der Waals surface area contributed by atoms with Gasteiger partial charge >= 0.3 is 5.97 Å². The van der Waals surface area contributed by atoms with Crippen LogP contribution >= 0.6 is 0 Å². The van der Waals surface area contributed by atoms with Gasteiger partial charge in [-0.15, -0.1) is 0 Å². The second-order valence-electron chi connectivity index (χ2n) is 9.69. The zero-order valence-corrected chi connectivity index (χ0v) is 19.0. The van der Waals surface area contributed by atoms with Crippen molar-refractivity contribution in [2.24, 2.45) is 5.41 Å². The number of alkyl halides is 2. The number of rotatable bonds is 5. The van der Waals surface area contributed by atoms with Gasteiger partial charge in [-0.2, -0.15) is 0 Å². The van der Waals surface area contributed by atoms with Gasteiger partial charge in [-0.25, -0.2) is 22.9 Å². The number of nitrogens with zero attached hydrogens (tertiary/aromatic N) is 2. The van der Waals surface area contributed by atoms with E-state index in [2.05, 4.69) is 14.9 Å². The van der Waals surface area contributed by atoms with Crippen molar-refractivity contribution >= 4 is 16.9 Å². The first kappa shape index (κ1) is 22.7. The number of likely N-dealkylation sites (tertiary alicyclic amines) is 1. The molecular formula is C25H26F3N3O3. The van der Waals surface area contributed by atoms with Gasteiger partial charge in [0.25, 0.3) is 0 Å². The van der Waals surface area contributed by atoms with Crippen LogP contribution in [0.5, 0.6) is 5.75 Å². The van der Waals surface area contributed by atoms with Crippen LogP contribution in [0.1, 0.15) is 58.9 Å². The van der Waals surface area contributed by atoms with Crippen LogP contribution in [0.4, 0.5) is 13.2 Å². The first-order chi connectivity index (χ1) is 16.1. The summed E-state index contributed by atoms with van der Waals surface area (Å²) < 4.78 is 47.9. The fourth-order valence-electron chi connectivity index (χ4n) is 5.84. The molecule has 2 aromatic heterocycles. The van der Waals surface area contributed by atoms with Crippen LogP contribution in [0.2, 0.25) is 0 Å². The normalized spacial score (nSPS) is 21.5. The van der Waals surface area contributed by atoms with Crippen LogP contribution < -0.4 is 4.74 Å². The van der Waals surface area contributed by atoms with Gasteiger partial charge < -0.3 is 14.8 Å². The standard InChI is InChI=1S/C25H26F3N3O3/c1-14-7-20(34-2)17(16-3-5-29-21(14)16)11-31-6-4-24(12-25(27,28)13-24)9-19(31)15-8-18(26)22(23(32)33)30-10-15/h3,5,7-8,10,19,29H,4,6,9,11-13H2,1-2H3,(H,32,33)/t19-/m0/s1. The van der Waals surface area contributed by atoms with E-state index in [1.807, 2.05) is 25.3 Å². The lowest BCUT2D eigenvalue weighted by Crippen LogP contribution is -2.53. The van der Waals surface area contributed by atoms with Gasteiger partial charge in [0.2, 0.25) is 5.92 Å². The molecule has 2 fully saturated rings. The molecule has 1 saturated heterocycles. The summed E-state index contributed by atoms with van der Waals surface area (Å²) in [6.07, 6.45) is 3.92. The summed E-state index contributed by atoms with van der Waals surface area (Å²) in [5.74, 6) is -4.31. The maximum absolute atomic E-state index is 14.5. The number of aryl methyl sites for hydroxylation is 1. The topological polar surface area (TPSA) is 78.5 Å². The zero-order valence-electron chi connectivity index (χ0n) is 19.0. The number of benzene rings is 1. The molecule has 0 bridgehead atoms. The molecule has 9 heteroatoms. The third kappa shape index (κ3) is 3.81. The molecule has 180 valence electrons. The van der Waals surface area contributed by atoms with E-state index in [0.717, 1.165) is 27.8 Å². The van der Waals surface area contributed by atoms with Crippen molar-refractivity contribution in [3.8, 4) is 5.75 Å². The van der Waals surface area contributed by atoms with Crippen molar-refractivity contribution in [1.82, 2.24) is 14.9 Å². The summed E-state index contributed by atoms with van der Waals surface area (Å²) in [5.41, 5.74) is 2.34. The molecule has 1 atom stereocenters. The number of ether oxygens (including phenoxy) is 1. The van der Waals surface area contributed by atoms with E-state index in [1.54, 1.807) is 7.11 Å². The SMILES string of the molecule is COc1cc(C)c2[nH]ccc2c1CN1CCC2(C[C@H]1c1cnc(C(=O)O)c(F)c1)CC(F)(F)C2. The largest absolute Gasteiger partial charge is 0.496 e. The zero-order chi connectivity index (χ0) is 24.3. The Labute approximate surface area is 194 Å². The Hall–Kier alpha value is -3.07. The molecule has 2 aliphatic rings. The van der Waals surface area contributed by atoms with Gasteiger partial charge in [-0.3, -0.25) is 4.90 Å². The van der Waals surface area contributed by atoms with Gasteiger partial charge in [-0.05, 0) is 61.1 Å². The molecule has 5 rings (SSSR count). The smallest absolute Gasteiger partial charge is 0.357 e. The number of aromatic nitrogens is 2. The number of halogens is 3. The Kier molecular flexibility index (Phi) is 5.35. The molecule has 1 aliphatic carbocycles. The molecular weight excluding hydrogens is 447 g/mol. The molecule has 34 heavy (non-hydrogen) atoms. The first-order valence-corrected chi connectivity index (χ1v) is 11.3. The number of aromatic carboxylic acids is 1. The van der Waals surface area contributed by atoms with Crippen molar-refractivity contribution in [2.45, 2.75) is 51.1 Å². The average Bonchev–Trinajstić information content (AvgIpc) is 3.25. The van der Waals surface area contributed by atoms with Gasteiger partial charge in [0, 0.05) is 54.3 Å². The molecule has 1 aromatic carbocycles. The number of H-pyrrole nitrogens is 1. The van der Waals surface area contributed by atoms with Gasteiger partial charge in [-0.1, -0.05) is 0 Å². The minimum absolute atomic E-state index is 0.177. The fraction of sp³-hybridized carbons (Fsp3) is 0.440. The van der Waals surface area contributed by atoms with E-state index < -0.39 is 28.8 Å². The highest BCUT2D eigenvalue weighted by Gasteiger charge is 2.58. The Morgan fingerprint density at radius 3 is 2.76 bits per heavy atom. The molecule has 1 spiro atoms. The Morgan fingerprint density at radius 1 is 1.35 bits per heavy atom. The second kappa shape index (κ2) is 8.01. The number of hydrogen-bond acceptors (Lipinski definition) is 4. The number of carboxylic acid groups (broad SMARTS) is 1. The van der Waals surface area contributed by atoms with Crippen molar-refractivity contribution < 1.29 is 27.8 Å². The van der Waals surface area contributed by atoms with Crippen molar-refractivity contribution in [1.29, 1.82) is 0 Å². The summed E-state index contributed by atoms with van der Waals surface area (Å²) in [7, 11) is 1.61. The minimum atomic E-state index is -2.67. The molecule has 6 nitrogen and oxygen atoms in total. The van der Waals surface area contributed by atoms with Gasteiger partial charge in [0.05, 0.1) is 7.11 Å². The van der Waals surface area contributed by atoms with Gasteiger partial charge in [0.15, 0.2) is 11.5 Å². The predicted molar refractivity (Wildman–Crippen MR) is 120 cm³/mol. The highest BCUT2D eigenvalue weighted by Crippen LogP contribution is 2.60. The van der Waals surface area contributed by atoms with E-state index in [1.165, 1.54) is 12.3 Å². The third-order valence-electron chi connectivity index (χ3n) is 7.41. The minimum Gasteiger partial charge on any atom is -0.496 e. The molecule has 1 aliphatic heterocycles. The molecule has 0 radical (unpaired) electrons. The number of carboxylic acids is 1. The van der Waals surface area contributed by atoms with Crippen molar-refractivity contribution in [3.05, 3.63) is 58.8 Å². The van der Waals surface area contributed by atoms with Crippen LogP contribution in [0, 0.1) is 18.2 Å². The van der Waals surface area contributed by atoms with Crippen LogP contribution in [0.15, 0.2) is 30.6 Å². The summed E-state index contributed by atoms with van der Waals surface area (Å²) in [6.45, 7) is 3.01. The Morgan fingerprint density at radius 2 is 2.12 bits per heavy atom. The first-order valence-electron chi connectivity index (χ1n) is 11.3. The van der Waals surface area contributed by atoms with E-state index in [0.29, 0.717) is 31.5 Å². The van der Waals surface area contributed by atoms with E-state index >= 15 is 0 Å². The number of hydrogen-bond donors (Lipinski definition) is 2. The Bertz CT molecular complexity index is 1270. The lowest BCUT2D eigenvalue weighted by atomic mass is 9.59. The Balaban J connectivity index is 1.53. The molecule has 3 aromatic rings. The van der Waals surface area contributed by atoms with Crippen LogP contribution in [-0.2, 0) is 6.54 Å². The lowest BCUT2D eigenvalue weighted by molar-refractivity contribution is -0.186. The number of carbonyl (C=O) groups is 1. The van der Waals surface area contributed by atoms with Crippen molar-refractivity contribution in [3.63, 3.8) is 0 Å². The van der Waals surface area contributed by atoms with Crippen LogP contribution in [0.25, 0.3) is 10.9 Å². The number of methoxy groups -OCH3 is 1. The molecule has 3 heterocycles. The molecule has 2 N–H and O–H groups in total. The lowest BCUT2D eigenvalue weighted by Gasteiger charge is -2.54. The molecule has 1 saturated carbocycles. The maximum Gasteiger partial charge on any atom is 0.357 e. The second-order valence-corrected chi connectivity index (χ2v) is 9.69. The molecule has 0 amide bonds. The number of fused-ring (bicyclic) bond motifs is 1. The monoisotopic (exact) mass is 473 g/mol. The third-order valence-corrected chi connectivity index (χ3v) is 7.41. The van der Waals surface area contributed by atoms with Crippen LogP contribution in [0.3, 0.4) is 0 Å². The van der Waals surface area contributed by atoms with Gasteiger partial charge in [0.1, 0.15) is 5.75 Å². The average molecular weight is 473 g/mol. The number of pyridine rings is 1. The quantitative estimate of drug-likeness (QED) is 0.514. The number of piperidine rings is 1. The summed E-state index contributed by atoms with van der Waals surface area (Å²) >= 11 is 0. The van der Waals surface area contributed by atoms with E-state index in [-0.39, 0.29) is 18.9 Å². The summed E-state index contributed by atoms with van der Waals surface area (Å²) in [4.78, 5) is 20.4. The summed E-state index contributed by atoms with van der Waals surface area (Å²) in [5, 5.41) is 10.2. The fourth-order valence-corrected chi connectivity index (χ4v) is 5.84. The number of nitrogens with one attached hydrogen (secondary N) is 1. The highest BCUT2D eigenvalue weighted by atomic mass is 19.3. The highest BCUT2D eigenvalue weighted by molar-refractivity contribution is 5.88. The number of aromatic amines is 1. The van der Waals surface area contributed by atoms with Crippen LogP contribution in [-0.4, -0.2) is 45.5 Å². The summed E-state index contributed by atoms with van der Waals surface area (Å²) in [6, 6.07) is 4.75. The predicted octanol–water partition coefficient (Wildman–Crippen LogP) is 5.47. The van der Waals surface area contributed by atoms with E-state index in [4.69, 9.17) is 9.84 Å². The van der Waals surface area contributed by atoms with E-state index in [9.17, 15) is 18.0 Å². The maximum atomic E-state index is 14.5.